The lowest BCUT2D eigenvalue weighted by Crippen LogP contribution is -2.49. The molecule has 10 nitrogen and oxygen atoms in total. The van der Waals surface area contributed by atoms with E-state index in [0.717, 1.165) is 5.56 Å². The van der Waals surface area contributed by atoms with E-state index in [1.54, 1.807) is 48.4 Å². The normalized spacial score (nSPS) is 14.2. The van der Waals surface area contributed by atoms with E-state index in [-0.39, 0.29) is 30.6 Å². The number of anilines is 2. The van der Waals surface area contributed by atoms with E-state index in [1.807, 2.05) is 0 Å². The Morgan fingerprint density at radius 3 is 2.63 bits per heavy atom. The van der Waals surface area contributed by atoms with Gasteiger partial charge >= 0.3 is 12.1 Å². The summed E-state index contributed by atoms with van der Waals surface area (Å²) in [5.74, 6) is -0.0973. The van der Waals surface area contributed by atoms with E-state index in [4.69, 9.17) is 4.74 Å². The Kier molecular flexibility index (Phi) is 6.65. The number of urea groups is 1. The molecule has 2 N–H and O–H groups in total. The summed E-state index contributed by atoms with van der Waals surface area (Å²) in [7, 11) is 3.25. The molecule has 35 heavy (non-hydrogen) atoms. The molecule has 0 aliphatic carbocycles. The van der Waals surface area contributed by atoms with E-state index in [2.05, 4.69) is 25.5 Å². The SMILES string of the molecule is COCC(NC(=O)N1CC(=O)Nc2ccc(-c3cnn(C)c3)nc21)c1ccc(OC(C)(F)F)cc1. The van der Waals surface area contributed by atoms with Crippen LogP contribution in [0.1, 0.15) is 18.5 Å². The van der Waals surface area contributed by atoms with Gasteiger partial charge in [0, 0.05) is 32.8 Å². The summed E-state index contributed by atoms with van der Waals surface area (Å²) in [6, 6.07) is 8.09. The number of carbonyl (C=O) groups is 2. The number of hydrogen-bond donors (Lipinski definition) is 2. The van der Waals surface area contributed by atoms with Gasteiger partial charge in [0.1, 0.15) is 12.3 Å². The van der Waals surface area contributed by atoms with Crippen LogP contribution in [0, 0.1) is 0 Å². The minimum absolute atomic E-state index is 0.0162. The summed E-state index contributed by atoms with van der Waals surface area (Å²) in [6.07, 6.45) is 0.124. The molecule has 0 fully saturated rings. The number of benzene rings is 1. The van der Waals surface area contributed by atoms with Gasteiger partial charge in [0.05, 0.1) is 30.2 Å². The highest BCUT2D eigenvalue weighted by Crippen LogP contribution is 2.31. The van der Waals surface area contributed by atoms with Crippen molar-refractivity contribution in [2.24, 2.45) is 7.05 Å². The Bertz CT molecular complexity index is 1230. The zero-order valence-electron chi connectivity index (χ0n) is 19.3. The van der Waals surface area contributed by atoms with Crippen molar-refractivity contribution in [3.63, 3.8) is 0 Å². The first kappa shape index (κ1) is 24.1. The van der Waals surface area contributed by atoms with Crippen molar-refractivity contribution < 1.29 is 27.8 Å². The molecule has 3 amide bonds. The topological polar surface area (TPSA) is 111 Å². The first-order valence-electron chi connectivity index (χ1n) is 10.7. The van der Waals surface area contributed by atoms with Crippen LogP contribution in [0.15, 0.2) is 48.8 Å². The fourth-order valence-corrected chi connectivity index (χ4v) is 3.63. The van der Waals surface area contributed by atoms with Crippen molar-refractivity contribution in [3.8, 4) is 17.0 Å². The van der Waals surface area contributed by atoms with Crippen LogP contribution in [0.5, 0.6) is 5.75 Å². The van der Waals surface area contributed by atoms with E-state index in [1.165, 1.54) is 24.1 Å². The van der Waals surface area contributed by atoms with Gasteiger partial charge in [-0.25, -0.2) is 9.78 Å². The largest absolute Gasteiger partial charge is 0.433 e. The van der Waals surface area contributed by atoms with Crippen LogP contribution < -0.4 is 20.3 Å². The molecule has 184 valence electrons. The number of halogens is 2. The third-order valence-electron chi connectivity index (χ3n) is 5.16. The lowest BCUT2D eigenvalue weighted by molar-refractivity contribution is -0.158. The van der Waals surface area contributed by atoms with Gasteiger partial charge in [-0.1, -0.05) is 12.1 Å². The molecule has 0 radical (unpaired) electrons. The summed E-state index contributed by atoms with van der Waals surface area (Å²) in [5, 5.41) is 9.69. The molecule has 3 heterocycles. The quantitative estimate of drug-likeness (QED) is 0.530. The number of methoxy groups -OCH3 is 1. The minimum Gasteiger partial charge on any atom is -0.433 e. The molecular weight excluding hydrogens is 462 g/mol. The maximum Gasteiger partial charge on any atom is 0.394 e. The predicted molar refractivity (Wildman–Crippen MR) is 123 cm³/mol. The molecule has 1 aliphatic rings. The van der Waals surface area contributed by atoms with Gasteiger partial charge in [-0.2, -0.15) is 13.9 Å². The highest BCUT2D eigenvalue weighted by Gasteiger charge is 2.30. The lowest BCUT2D eigenvalue weighted by atomic mass is 10.1. The van der Waals surface area contributed by atoms with Crippen LogP contribution in [-0.2, 0) is 16.6 Å². The molecule has 1 atom stereocenters. The third-order valence-corrected chi connectivity index (χ3v) is 5.16. The molecule has 3 aromatic rings. The second kappa shape index (κ2) is 9.66. The number of rotatable bonds is 7. The van der Waals surface area contributed by atoms with Crippen molar-refractivity contribution in [3.05, 3.63) is 54.4 Å². The Morgan fingerprint density at radius 2 is 2.00 bits per heavy atom. The smallest absolute Gasteiger partial charge is 0.394 e. The lowest BCUT2D eigenvalue weighted by Gasteiger charge is -2.30. The summed E-state index contributed by atoms with van der Waals surface area (Å²) >= 11 is 0. The summed E-state index contributed by atoms with van der Waals surface area (Å²) < 4.78 is 37.6. The van der Waals surface area contributed by atoms with Gasteiger partial charge in [0.25, 0.3) is 0 Å². The van der Waals surface area contributed by atoms with E-state index >= 15 is 0 Å². The van der Waals surface area contributed by atoms with Gasteiger partial charge in [-0.15, -0.1) is 0 Å². The standard InChI is InChI=1S/C23H24F2N6O4/c1-23(24,25)35-16-6-4-14(5-7-16)19(13-34-3)29-22(33)31-12-20(32)27-18-9-8-17(28-21(18)31)15-10-26-30(2)11-15/h4-11,19H,12-13H2,1-3H3,(H,27,32)(H,29,33). The number of hydrogen-bond acceptors (Lipinski definition) is 6. The average Bonchev–Trinajstić information content (AvgIpc) is 3.23. The van der Waals surface area contributed by atoms with Crippen LogP contribution in [0.25, 0.3) is 11.3 Å². The highest BCUT2D eigenvalue weighted by atomic mass is 19.3. The fourth-order valence-electron chi connectivity index (χ4n) is 3.63. The fraction of sp³-hybridized carbons (Fsp3) is 0.304. The summed E-state index contributed by atoms with van der Waals surface area (Å²) in [4.78, 5) is 31.4. The number of alkyl halides is 2. The molecule has 2 aromatic heterocycles. The number of carbonyl (C=O) groups excluding carboxylic acids is 2. The Labute approximate surface area is 199 Å². The minimum atomic E-state index is -3.31. The van der Waals surface area contributed by atoms with E-state index < -0.39 is 18.2 Å². The van der Waals surface area contributed by atoms with E-state index in [0.29, 0.717) is 23.9 Å². The Hall–Kier alpha value is -4.06. The molecule has 12 heteroatoms. The molecule has 0 saturated carbocycles. The molecule has 0 bridgehead atoms. The van der Waals surface area contributed by atoms with Crippen molar-refractivity contribution >= 4 is 23.4 Å². The second-order valence-corrected chi connectivity index (χ2v) is 8.04. The molecule has 0 spiro atoms. The number of fused-ring (bicyclic) bond motifs is 1. The molecule has 1 aromatic carbocycles. The van der Waals surface area contributed by atoms with Crippen molar-refractivity contribution in [1.82, 2.24) is 20.1 Å². The molecule has 4 rings (SSSR count). The summed E-state index contributed by atoms with van der Waals surface area (Å²) in [6.45, 7) is 0.515. The number of aromatic nitrogens is 3. The molecule has 1 unspecified atom stereocenters. The first-order chi connectivity index (χ1) is 16.6. The Morgan fingerprint density at radius 1 is 1.26 bits per heavy atom. The van der Waals surface area contributed by atoms with Crippen molar-refractivity contribution in [1.29, 1.82) is 0 Å². The number of pyridine rings is 1. The maximum absolute atomic E-state index is 13.3. The predicted octanol–water partition coefficient (Wildman–Crippen LogP) is 3.33. The van der Waals surface area contributed by atoms with Crippen molar-refractivity contribution in [2.45, 2.75) is 19.1 Å². The van der Waals surface area contributed by atoms with Crippen LogP contribution in [0.3, 0.4) is 0 Å². The first-order valence-corrected chi connectivity index (χ1v) is 10.7. The number of nitrogens with zero attached hydrogens (tertiary/aromatic N) is 4. The van der Waals surface area contributed by atoms with E-state index in [9.17, 15) is 18.4 Å². The average molecular weight is 486 g/mol. The molecule has 1 aliphatic heterocycles. The molecule has 0 saturated heterocycles. The van der Waals surface area contributed by atoms with Gasteiger partial charge in [-0.05, 0) is 29.8 Å². The number of ether oxygens (including phenoxy) is 2. The van der Waals surface area contributed by atoms with Crippen LogP contribution in [0.2, 0.25) is 0 Å². The van der Waals surface area contributed by atoms with Crippen molar-refractivity contribution in [2.75, 3.05) is 30.5 Å². The third kappa shape index (κ3) is 5.72. The number of aryl methyl sites for hydroxylation is 1. The van der Waals surface area contributed by atoms with Crippen LogP contribution >= 0.6 is 0 Å². The zero-order valence-corrected chi connectivity index (χ0v) is 19.3. The van der Waals surface area contributed by atoms with Gasteiger partial charge in [0.2, 0.25) is 5.91 Å². The van der Waals surface area contributed by atoms with Gasteiger partial charge in [-0.3, -0.25) is 14.4 Å². The second-order valence-electron chi connectivity index (χ2n) is 8.04. The summed E-state index contributed by atoms with van der Waals surface area (Å²) in [5.41, 5.74) is 2.34. The number of nitrogens with one attached hydrogen (secondary N) is 2. The monoisotopic (exact) mass is 486 g/mol. The van der Waals surface area contributed by atoms with Crippen LogP contribution in [-0.4, -0.2) is 53.1 Å². The Balaban J connectivity index is 1.57. The zero-order chi connectivity index (χ0) is 25.2. The number of amides is 3. The van der Waals surface area contributed by atoms with Gasteiger partial charge < -0.3 is 20.1 Å². The maximum atomic E-state index is 13.3. The highest BCUT2D eigenvalue weighted by molar-refractivity contribution is 6.08. The van der Waals surface area contributed by atoms with Crippen LogP contribution in [0.4, 0.5) is 25.1 Å². The molecular formula is C23H24F2N6O4. The van der Waals surface area contributed by atoms with Gasteiger partial charge in [0.15, 0.2) is 5.82 Å².